The van der Waals surface area contributed by atoms with E-state index in [2.05, 4.69) is 33.2 Å². The van der Waals surface area contributed by atoms with Gasteiger partial charge in [0.1, 0.15) is 16.9 Å². The quantitative estimate of drug-likeness (QED) is 0.245. The van der Waals surface area contributed by atoms with Gasteiger partial charge in [0.15, 0.2) is 5.13 Å². The van der Waals surface area contributed by atoms with Crippen LogP contribution in [0.3, 0.4) is 0 Å². The molecule has 2 aromatic heterocycles. The van der Waals surface area contributed by atoms with Gasteiger partial charge in [-0.15, -0.1) is 11.3 Å². The van der Waals surface area contributed by atoms with Crippen molar-refractivity contribution in [2.45, 2.75) is 19.8 Å². The minimum absolute atomic E-state index is 0.0732. The molecule has 158 valence electrons. The molecule has 31 heavy (non-hydrogen) atoms. The summed E-state index contributed by atoms with van der Waals surface area (Å²) in [5.74, 6) is 0.256. The fourth-order valence-corrected chi connectivity index (χ4v) is 4.03. The number of hydrogen-bond donors (Lipinski definition) is 1. The van der Waals surface area contributed by atoms with Crippen molar-refractivity contribution in [3.8, 4) is 17.0 Å². The number of amides is 1. The zero-order valence-electron chi connectivity index (χ0n) is 16.7. The predicted octanol–water partition coefficient (Wildman–Crippen LogP) is 6.11. The maximum absolute atomic E-state index is 12.6. The predicted molar refractivity (Wildman–Crippen MR) is 126 cm³/mol. The van der Waals surface area contributed by atoms with Crippen molar-refractivity contribution in [3.05, 3.63) is 74.4 Å². The van der Waals surface area contributed by atoms with Gasteiger partial charge in [-0.2, -0.15) is 0 Å². The van der Waals surface area contributed by atoms with Gasteiger partial charge in [-0.05, 0) is 55.0 Å². The van der Waals surface area contributed by atoms with E-state index in [9.17, 15) is 9.59 Å². The van der Waals surface area contributed by atoms with Crippen molar-refractivity contribution in [2.24, 2.45) is 0 Å². The van der Waals surface area contributed by atoms with Crippen molar-refractivity contribution in [1.29, 1.82) is 0 Å². The largest absolute Gasteiger partial charge is 0.494 e. The third-order valence-electron chi connectivity index (χ3n) is 4.58. The maximum Gasteiger partial charge on any atom is 0.349 e. The average Bonchev–Trinajstić information content (AvgIpc) is 3.22. The number of thiazole rings is 1. The summed E-state index contributed by atoms with van der Waals surface area (Å²) in [6.07, 6.45) is 2.10. The van der Waals surface area contributed by atoms with Crippen molar-refractivity contribution in [1.82, 2.24) is 4.98 Å². The summed E-state index contributed by atoms with van der Waals surface area (Å²) >= 11 is 4.66. The number of nitrogens with one attached hydrogen (secondary N) is 1. The van der Waals surface area contributed by atoms with E-state index in [0.29, 0.717) is 22.7 Å². The highest BCUT2D eigenvalue weighted by molar-refractivity contribution is 9.10. The minimum Gasteiger partial charge on any atom is -0.494 e. The molecule has 2 heterocycles. The van der Waals surface area contributed by atoms with Crippen LogP contribution in [0, 0.1) is 0 Å². The molecule has 1 amide bonds. The molecule has 0 saturated carbocycles. The van der Waals surface area contributed by atoms with Crippen LogP contribution >= 0.6 is 27.3 Å². The molecule has 8 heteroatoms. The van der Waals surface area contributed by atoms with Crippen LogP contribution in [0.15, 0.2) is 67.6 Å². The van der Waals surface area contributed by atoms with Crippen LogP contribution in [0.4, 0.5) is 5.13 Å². The van der Waals surface area contributed by atoms with Gasteiger partial charge in [-0.25, -0.2) is 9.78 Å². The lowest BCUT2D eigenvalue weighted by Gasteiger charge is -2.05. The summed E-state index contributed by atoms with van der Waals surface area (Å²) in [5, 5.41) is 5.59. The maximum atomic E-state index is 12.6. The van der Waals surface area contributed by atoms with Gasteiger partial charge in [-0.3, -0.25) is 10.1 Å². The number of carbonyl (C=O) groups is 1. The first-order valence-electron chi connectivity index (χ1n) is 9.77. The molecular formula is C23H19BrN2O4S. The molecule has 0 saturated heterocycles. The number of nitrogens with zero attached hydrogens (tertiary/aromatic N) is 1. The highest BCUT2D eigenvalue weighted by Crippen LogP contribution is 2.27. The Morgan fingerprint density at radius 3 is 2.77 bits per heavy atom. The number of benzene rings is 2. The SMILES string of the molecule is CCCCOc1ccc(-c2csc(NC(=O)c3cc4cc(Br)ccc4oc3=O)n2)cc1. The Balaban J connectivity index is 1.49. The number of halogens is 1. The Morgan fingerprint density at radius 2 is 2.00 bits per heavy atom. The lowest BCUT2D eigenvalue weighted by molar-refractivity contribution is 0.102. The number of ether oxygens (including phenoxy) is 1. The number of hydrogen-bond acceptors (Lipinski definition) is 6. The molecule has 4 rings (SSSR count). The second-order valence-corrected chi connectivity index (χ2v) is 8.62. The fraction of sp³-hybridized carbons (Fsp3) is 0.174. The molecule has 0 spiro atoms. The lowest BCUT2D eigenvalue weighted by atomic mass is 10.2. The molecule has 4 aromatic rings. The summed E-state index contributed by atoms with van der Waals surface area (Å²) in [5.41, 5.74) is 1.30. The summed E-state index contributed by atoms with van der Waals surface area (Å²) in [7, 11) is 0. The number of carbonyl (C=O) groups excluding carboxylic acids is 1. The van der Waals surface area contributed by atoms with Crippen LogP contribution in [-0.4, -0.2) is 17.5 Å². The Labute approximate surface area is 191 Å². The summed E-state index contributed by atoms with van der Waals surface area (Å²) in [6.45, 7) is 2.82. The summed E-state index contributed by atoms with van der Waals surface area (Å²) < 4.78 is 11.8. The topological polar surface area (TPSA) is 81.4 Å². The van der Waals surface area contributed by atoms with E-state index in [1.54, 1.807) is 18.2 Å². The Bertz CT molecular complexity index is 1280. The van der Waals surface area contributed by atoms with E-state index in [1.807, 2.05) is 29.6 Å². The highest BCUT2D eigenvalue weighted by atomic mass is 79.9. The molecule has 0 fully saturated rings. The smallest absolute Gasteiger partial charge is 0.349 e. The van der Waals surface area contributed by atoms with Crippen LogP contribution in [0.25, 0.3) is 22.2 Å². The van der Waals surface area contributed by atoms with Crippen molar-refractivity contribution >= 4 is 49.3 Å². The lowest BCUT2D eigenvalue weighted by Crippen LogP contribution is -2.20. The van der Waals surface area contributed by atoms with Gasteiger partial charge in [0.25, 0.3) is 5.91 Å². The second kappa shape index (κ2) is 9.45. The average molecular weight is 499 g/mol. The third kappa shape index (κ3) is 5.03. The first kappa shape index (κ1) is 21.3. The Hall–Kier alpha value is -2.97. The fourth-order valence-electron chi connectivity index (χ4n) is 2.94. The normalized spacial score (nSPS) is 10.9. The highest BCUT2D eigenvalue weighted by Gasteiger charge is 2.16. The van der Waals surface area contributed by atoms with E-state index >= 15 is 0 Å². The zero-order chi connectivity index (χ0) is 21.8. The number of rotatable bonds is 7. The molecule has 0 atom stereocenters. The molecule has 0 aliphatic carbocycles. The first-order valence-corrected chi connectivity index (χ1v) is 11.4. The van der Waals surface area contributed by atoms with E-state index in [1.165, 1.54) is 17.4 Å². The van der Waals surface area contributed by atoms with E-state index in [-0.39, 0.29) is 5.56 Å². The molecule has 1 N–H and O–H groups in total. The van der Waals surface area contributed by atoms with Gasteiger partial charge in [0.2, 0.25) is 0 Å². The minimum atomic E-state index is -0.692. The molecule has 0 radical (unpaired) electrons. The van der Waals surface area contributed by atoms with Crippen LogP contribution in [0.1, 0.15) is 30.1 Å². The molecule has 6 nitrogen and oxygen atoms in total. The Kier molecular flexibility index (Phi) is 6.48. The van der Waals surface area contributed by atoms with E-state index < -0.39 is 11.5 Å². The monoisotopic (exact) mass is 498 g/mol. The number of unbranched alkanes of at least 4 members (excludes halogenated alkanes) is 1. The Morgan fingerprint density at radius 1 is 1.19 bits per heavy atom. The summed E-state index contributed by atoms with van der Waals surface area (Å²) in [6, 6.07) is 14.4. The van der Waals surface area contributed by atoms with Gasteiger partial charge in [0, 0.05) is 20.8 Å². The van der Waals surface area contributed by atoms with Crippen LogP contribution in [0.2, 0.25) is 0 Å². The van der Waals surface area contributed by atoms with Gasteiger partial charge < -0.3 is 9.15 Å². The van der Waals surface area contributed by atoms with E-state index in [0.717, 1.165) is 34.3 Å². The van der Waals surface area contributed by atoms with Crippen LogP contribution < -0.4 is 15.7 Å². The number of aromatic nitrogens is 1. The van der Waals surface area contributed by atoms with Crippen molar-refractivity contribution < 1.29 is 13.9 Å². The van der Waals surface area contributed by atoms with Crippen molar-refractivity contribution in [3.63, 3.8) is 0 Å². The number of fused-ring (bicyclic) bond motifs is 1. The molecular weight excluding hydrogens is 480 g/mol. The van der Waals surface area contributed by atoms with E-state index in [4.69, 9.17) is 9.15 Å². The second-order valence-electron chi connectivity index (χ2n) is 6.85. The molecule has 0 bridgehead atoms. The zero-order valence-corrected chi connectivity index (χ0v) is 19.1. The number of anilines is 1. The summed E-state index contributed by atoms with van der Waals surface area (Å²) in [4.78, 5) is 29.3. The van der Waals surface area contributed by atoms with Gasteiger partial charge in [0.05, 0.1) is 12.3 Å². The van der Waals surface area contributed by atoms with Crippen LogP contribution in [-0.2, 0) is 0 Å². The van der Waals surface area contributed by atoms with Gasteiger partial charge in [-0.1, -0.05) is 29.3 Å². The molecule has 0 aliphatic rings. The molecule has 2 aromatic carbocycles. The molecule has 0 aliphatic heterocycles. The van der Waals surface area contributed by atoms with Crippen LogP contribution in [0.5, 0.6) is 5.75 Å². The third-order valence-corrected chi connectivity index (χ3v) is 5.83. The van der Waals surface area contributed by atoms with Crippen molar-refractivity contribution in [2.75, 3.05) is 11.9 Å². The molecule has 0 unspecified atom stereocenters. The van der Waals surface area contributed by atoms with Gasteiger partial charge >= 0.3 is 5.63 Å². The standard InChI is InChI=1S/C23H19BrN2O4S/c1-2-3-10-29-17-7-4-14(5-8-17)19-13-31-23(25-19)26-21(27)18-12-15-11-16(24)6-9-20(15)30-22(18)28/h4-9,11-13H,2-3,10H2,1H3,(H,25,26,27). The first-order chi connectivity index (χ1) is 15.0.